The predicted octanol–water partition coefficient (Wildman–Crippen LogP) is 4.91. The Hall–Kier alpha value is -3.13. The third-order valence-electron chi connectivity index (χ3n) is 3.59. The lowest BCUT2D eigenvalue weighted by atomic mass is 10.2. The Morgan fingerprint density at radius 3 is 2.33 bits per heavy atom. The van der Waals surface area contributed by atoms with Gasteiger partial charge in [0.1, 0.15) is 34.6 Å². The van der Waals surface area contributed by atoms with E-state index in [9.17, 15) is 8.78 Å². The first-order valence-electron chi connectivity index (χ1n) is 7.74. The first-order valence-corrected chi connectivity index (χ1v) is 8.12. The van der Waals surface area contributed by atoms with E-state index in [2.05, 4.69) is 20.6 Å². The van der Waals surface area contributed by atoms with Gasteiger partial charge in [0.15, 0.2) is 0 Å². The number of methoxy groups -OCH3 is 2. The quantitative estimate of drug-likeness (QED) is 0.621. The Labute approximate surface area is 159 Å². The second kappa shape index (κ2) is 8.05. The van der Waals surface area contributed by atoms with E-state index < -0.39 is 11.6 Å². The molecule has 0 bridgehead atoms. The lowest BCUT2D eigenvalue weighted by Gasteiger charge is -2.14. The molecule has 0 saturated carbocycles. The molecule has 0 spiro atoms. The van der Waals surface area contributed by atoms with Gasteiger partial charge in [0, 0.05) is 18.3 Å². The summed E-state index contributed by atoms with van der Waals surface area (Å²) in [5.41, 5.74) is 0.209. The monoisotopic (exact) mass is 392 g/mol. The summed E-state index contributed by atoms with van der Waals surface area (Å²) in [6.45, 7) is 0. The highest BCUT2D eigenvalue weighted by Crippen LogP contribution is 2.37. The van der Waals surface area contributed by atoms with E-state index in [0.29, 0.717) is 28.0 Å². The Kier molecular flexibility index (Phi) is 5.56. The van der Waals surface area contributed by atoms with Crippen molar-refractivity contribution in [1.82, 2.24) is 9.97 Å². The maximum Gasteiger partial charge on any atom is 0.229 e. The van der Waals surface area contributed by atoms with E-state index in [0.717, 1.165) is 12.1 Å². The van der Waals surface area contributed by atoms with Gasteiger partial charge >= 0.3 is 0 Å². The average molecular weight is 393 g/mol. The van der Waals surface area contributed by atoms with Gasteiger partial charge in [0.25, 0.3) is 0 Å². The van der Waals surface area contributed by atoms with Crippen LogP contribution in [0.5, 0.6) is 11.5 Å². The highest BCUT2D eigenvalue weighted by Gasteiger charge is 2.13. The van der Waals surface area contributed by atoms with Crippen LogP contribution in [0.1, 0.15) is 0 Å². The number of aromatic nitrogens is 2. The summed E-state index contributed by atoms with van der Waals surface area (Å²) < 4.78 is 38.1. The number of para-hydroxylation sites is 1. The maximum atomic E-state index is 13.8. The second-order valence-corrected chi connectivity index (χ2v) is 5.71. The van der Waals surface area contributed by atoms with Crippen molar-refractivity contribution in [1.29, 1.82) is 0 Å². The minimum Gasteiger partial charge on any atom is -0.495 e. The number of ether oxygens (including phenoxy) is 2. The molecule has 9 heteroatoms. The van der Waals surface area contributed by atoms with Crippen LogP contribution < -0.4 is 20.1 Å². The summed E-state index contributed by atoms with van der Waals surface area (Å²) in [4.78, 5) is 8.18. The third-order valence-corrected chi connectivity index (χ3v) is 3.89. The fourth-order valence-corrected chi connectivity index (χ4v) is 2.54. The van der Waals surface area contributed by atoms with Gasteiger partial charge in [-0.2, -0.15) is 4.98 Å². The molecular weight excluding hydrogens is 378 g/mol. The van der Waals surface area contributed by atoms with Gasteiger partial charge in [-0.25, -0.2) is 13.8 Å². The molecule has 1 aromatic heterocycles. The first-order chi connectivity index (χ1) is 13.0. The number of nitrogens with zero attached hydrogens (tertiary/aromatic N) is 2. The standard InChI is InChI=1S/C18H15ClF2N4O2/c1-26-14-9-13(15(27-2)8-10(14)19)23-16-6-7-22-18(24-16)25-17-11(20)4-3-5-12(17)21/h3-9H,1-2H3,(H2,22,23,24,25). The first kappa shape index (κ1) is 18.7. The van der Waals surface area contributed by atoms with Gasteiger partial charge < -0.3 is 20.1 Å². The van der Waals surface area contributed by atoms with E-state index in [1.54, 1.807) is 18.2 Å². The number of benzene rings is 2. The molecule has 140 valence electrons. The molecule has 0 saturated heterocycles. The molecule has 1 heterocycles. The van der Waals surface area contributed by atoms with Gasteiger partial charge in [-0.05, 0) is 18.2 Å². The number of halogens is 3. The molecule has 0 fully saturated rings. The predicted molar refractivity (Wildman–Crippen MR) is 99.5 cm³/mol. The molecule has 0 aliphatic rings. The highest BCUT2D eigenvalue weighted by atomic mass is 35.5. The van der Waals surface area contributed by atoms with Crippen LogP contribution in [0.4, 0.5) is 31.9 Å². The highest BCUT2D eigenvalue weighted by molar-refractivity contribution is 6.32. The number of nitrogens with one attached hydrogen (secondary N) is 2. The van der Waals surface area contributed by atoms with Crippen molar-refractivity contribution in [2.75, 3.05) is 24.9 Å². The van der Waals surface area contributed by atoms with Gasteiger partial charge in [-0.15, -0.1) is 0 Å². The zero-order chi connectivity index (χ0) is 19.4. The molecule has 3 rings (SSSR count). The number of hydrogen-bond acceptors (Lipinski definition) is 6. The molecule has 0 aliphatic carbocycles. The minimum atomic E-state index is -0.749. The lowest BCUT2D eigenvalue weighted by molar-refractivity contribution is 0.405. The molecule has 0 aliphatic heterocycles. The van der Waals surface area contributed by atoms with Crippen LogP contribution in [0.25, 0.3) is 0 Å². The van der Waals surface area contributed by atoms with E-state index in [-0.39, 0.29) is 11.6 Å². The second-order valence-electron chi connectivity index (χ2n) is 5.30. The molecule has 0 unspecified atom stereocenters. The van der Waals surface area contributed by atoms with Crippen LogP contribution in [0.3, 0.4) is 0 Å². The Balaban J connectivity index is 1.89. The molecule has 27 heavy (non-hydrogen) atoms. The molecule has 2 N–H and O–H groups in total. The molecule has 0 radical (unpaired) electrons. The third kappa shape index (κ3) is 4.17. The Morgan fingerprint density at radius 1 is 0.963 bits per heavy atom. The summed E-state index contributed by atoms with van der Waals surface area (Å²) in [5, 5.41) is 5.97. The van der Waals surface area contributed by atoms with Crippen LogP contribution >= 0.6 is 11.6 Å². The molecular formula is C18H15ClF2N4O2. The van der Waals surface area contributed by atoms with Crippen molar-refractivity contribution >= 4 is 34.7 Å². The fraction of sp³-hybridized carbons (Fsp3) is 0.111. The summed E-state index contributed by atoms with van der Waals surface area (Å²) in [6.07, 6.45) is 1.44. The minimum absolute atomic E-state index is 0.0175. The molecule has 2 aromatic carbocycles. The number of anilines is 4. The van der Waals surface area contributed by atoms with Crippen LogP contribution in [0.15, 0.2) is 42.6 Å². The number of hydrogen-bond donors (Lipinski definition) is 2. The Morgan fingerprint density at radius 2 is 1.67 bits per heavy atom. The Bertz CT molecular complexity index is 952. The smallest absolute Gasteiger partial charge is 0.229 e. The van der Waals surface area contributed by atoms with Gasteiger partial charge in [0.2, 0.25) is 5.95 Å². The van der Waals surface area contributed by atoms with E-state index >= 15 is 0 Å². The van der Waals surface area contributed by atoms with Crippen molar-refractivity contribution in [3.63, 3.8) is 0 Å². The zero-order valence-corrected chi connectivity index (χ0v) is 15.1. The van der Waals surface area contributed by atoms with Crippen molar-refractivity contribution in [3.05, 3.63) is 59.3 Å². The van der Waals surface area contributed by atoms with Crippen LogP contribution in [-0.4, -0.2) is 24.2 Å². The normalized spacial score (nSPS) is 10.4. The summed E-state index contributed by atoms with van der Waals surface area (Å²) >= 11 is 6.09. The molecule has 3 aromatic rings. The molecule has 0 atom stereocenters. The largest absolute Gasteiger partial charge is 0.495 e. The molecule has 6 nitrogen and oxygen atoms in total. The average Bonchev–Trinajstić information content (AvgIpc) is 2.66. The van der Waals surface area contributed by atoms with Crippen molar-refractivity contribution in [3.8, 4) is 11.5 Å². The van der Waals surface area contributed by atoms with E-state index in [4.69, 9.17) is 21.1 Å². The SMILES string of the molecule is COc1cc(Nc2ccnc(Nc3c(F)cccc3F)n2)c(OC)cc1Cl. The van der Waals surface area contributed by atoms with E-state index in [1.807, 2.05) is 0 Å². The zero-order valence-electron chi connectivity index (χ0n) is 14.4. The topological polar surface area (TPSA) is 68.3 Å². The van der Waals surface area contributed by atoms with E-state index in [1.165, 1.54) is 26.5 Å². The van der Waals surface area contributed by atoms with Gasteiger partial charge in [0.05, 0.1) is 24.9 Å². The molecule has 0 amide bonds. The van der Waals surface area contributed by atoms with Crippen LogP contribution in [0, 0.1) is 11.6 Å². The summed E-state index contributed by atoms with van der Waals surface area (Å²) in [6, 6.07) is 8.37. The van der Waals surface area contributed by atoms with Crippen molar-refractivity contribution in [2.24, 2.45) is 0 Å². The summed E-state index contributed by atoms with van der Waals surface area (Å²) in [7, 11) is 2.99. The fourth-order valence-electron chi connectivity index (χ4n) is 2.31. The van der Waals surface area contributed by atoms with Gasteiger partial charge in [-0.3, -0.25) is 0 Å². The maximum absolute atomic E-state index is 13.8. The summed E-state index contributed by atoms with van der Waals surface area (Å²) in [5.74, 6) is -0.201. The van der Waals surface area contributed by atoms with Crippen molar-refractivity contribution in [2.45, 2.75) is 0 Å². The number of rotatable bonds is 6. The van der Waals surface area contributed by atoms with Crippen molar-refractivity contribution < 1.29 is 18.3 Å². The van der Waals surface area contributed by atoms with Crippen LogP contribution in [-0.2, 0) is 0 Å². The lowest BCUT2D eigenvalue weighted by Crippen LogP contribution is -2.04. The van der Waals surface area contributed by atoms with Gasteiger partial charge in [-0.1, -0.05) is 17.7 Å². The van der Waals surface area contributed by atoms with Crippen LogP contribution in [0.2, 0.25) is 5.02 Å².